The van der Waals surface area contributed by atoms with Crippen molar-refractivity contribution in [2.45, 2.75) is 32.6 Å². The SMILES string of the molecule is CC(C)C1CCC(c2cncc(C(=O)N(C)CCO)n2)C(N)=C1/C=C(\N)c1c(F)cccc1F. The number of allylic oxidation sites excluding steroid dienone is 3. The third-order valence-corrected chi connectivity index (χ3v) is 6.25. The summed E-state index contributed by atoms with van der Waals surface area (Å²) in [6.07, 6.45) is 5.94. The fourth-order valence-electron chi connectivity index (χ4n) is 4.37. The molecule has 1 heterocycles. The van der Waals surface area contributed by atoms with Crippen molar-refractivity contribution in [1.29, 1.82) is 0 Å². The Morgan fingerprint density at radius 3 is 2.56 bits per heavy atom. The van der Waals surface area contributed by atoms with Crippen LogP contribution in [0.5, 0.6) is 0 Å². The Balaban J connectivity index is 2.05. The number of aliphatic hydroxyl groups excluding tert-OH is 1. The van der Waals surface area contributed by atoms with Crippen molar-refractivity contribution < 1.29 is 18.7 Å². The maximum absolute atomic E-state index is 14.3. The molecule has 1 aliphatic rings. The predicted molar refractivity (Wildman–Crippen MR) is 126 cm³/mol. The average Bonchev–Trinajstić information content (AvgIpc) is 2.79. The molecule has 0 saturated heterocycles. The Hall–Kier alpha value is -3.33. The first-order valence-electron chi connectivity index (χ1n) is 11.2. The van der Waals surface area contributed by atoms with E-state index in [1.807, 2.05) is 0 Å². The molecule has 0 spiro atoms. The smallest absolute Gasteiger partial charge is 0.273 e. The number of halogens is 2. The van der Waals surface area contributed by atoms with Crippen LogP contribution in [0.2, 0.25) is 0 Å². The van der Waals surface area contributed by atoms with Crippen LogP contribution in [0.1, 0.15) is 54.4 Å². The monoisotopic (exact) mass is 471 g/mol. The summed E-state index contributed by atoms with van der Waals surface area (Å²) in [5.41, 5.74) is 14.3. The molecule has 1 amide bonds. The first-order valence-corrected chi connectivity index (χ1v) is 11.2. The van der Waals surface area contributed by atoms with Gasteiger partial charge in [-0.05, 0) is 48.5 Å². The van der Waals surface area contributed by atoms with Crippen molar-refractivity contribution in [3.8, 4) is 0 Å². The van der Waals surface area contributed by atoms with E-state index >= 15 is 0 Å². The number of aromatic nitrogens is 2. The van der Waals surface area contributed by atoms with E-state index in [-0.39, 0.29) is 53.8 Å². The van der Waals surface area contributed by atoms with Crippen LogP contribution in [0.15, 0.2) is 47.9 Å². The number of carbonyl (C=O) groups is 1. The minimum atomic E-state index is -0.745. The van der Waals surface area contributed by atoms with E-state index < -0.39 is 11.6 Å². The zero-order valence-electron chi connectivity index (χ0n) is 19.6. The molecule has 1 aliphatic carbocycles. The number of aliphatic hydroxyl groups is 1. The highest BCUT2D eigenvalue weighted by molar-refractivity contribution is 5.91. The van der Waals surface area contributed by atoms with E-state index in [1.165, 1.54) is 17.2 Å². The maximum atomic E-state index is 14.3. The lowest BCUT2D eigenvalue weighted by molar-refractivity contribution is 0.0760. The maximum Gasteiger partial charge on any atom is 0.273 e. The molecule has 2 atom stereocenters. The molecule has 0 fully saturated rings. The van der Waals surface area contributed by atoms with Crippen molar-refractivity contribution in [3.63, 3.8) is 0 Å². The second-order valence-corrected chi connectivity index (χ2v) is 8.87. The van der Waals surface area contributed by atoms with Gasteiger partial charge < -0.3 is 21.5 Å². The fraction of sp³-hybridized carbons (Fsp3) is 0.400. The standard InChI is InChI=1S/C25H31F2N5O2/c1-14(2)15-7-8-16(21-12-30-13-22(31-21)25(34)32(3)9-10-33)24(29)17(15)11-20(28)23-18(26)5-4-6-19(23)27/h4-6,11-16,33H,7-10,28-29H2,1-3H3/b20-11-. The van der Waals surface area contributed by atoms with E-state index in [0.717, 1.165) is 18.6 Å². The molecule has 3 rings (SSSR count). The van der Waals surface area contributed by atoms with Crippen LogP contribution < -0.4 is 11.5 Å². The molecule has 0 aliphatic heterocycles. The van der Waals surface area contributed by atoms with Crippen LogP contribution in [0.4, 0.5) is 8.78 Å². The summed E-state index contributed by atoms with van der Waals surface area (Å²) >= 11 is 0. The molecule has 1 aromatic carbocycles. The van der Waals surface area contributed by atoms with Crippen molar-refractivity contribution in [3.05, 3.63) is 76.5 Å². The highest BCUT2D eigenvalue weighted by Crippen LogP contribution is 2.41. The molecular weight excluding hydrogens is 440 g/mol. The van der Waals surface area contributed by atoms with Crippen LogP contribution in [0.25, 0.3) is 5.70 Å². The van der Waals surface area contributed by atoms with Gasteiger partial charge >= 0.3 is 0 Å². The molecule has 182 valence electrons. The Labute approximate surface area is 198 Å². The summed E-state index contributed by atoms with van der Waals surface area (Å²) < 4.78 is 28.6. The van der Waals surface area contributed by atoms with Gasteiger partial charge in [-0.25, -0.2) is 13.8 Å². The van der Waals surface area contributed by atoms with Crippen LogP contribution in [0, 0.1) is 23.5 Å². The van der Waals surface area contributed by atoms with Gasteiger partial charge in [0.05, 0.1) is 24.1 Å². The molecule has 5 N–H and O–H groups in total. The van der Waals surface area contributed by atoms with Crippen molar-refractivity contribution in [2.24, 2.45) is 23.3 Å². The number of hydrogen-bond donors (Lipinski definition) is 3. The number of benzene rings is 1. The number of rotatable bonds is 7. The number of nitrogens with two attached hydrogens (primary N) is 2. The molecule has 34 heavy (non-hydrogen) atoms. The Morgan fingerprint density at radius 2 is 1.94 bits per heavy atom. The van der Waals surface area contributed by atoms with Gasteiger partial charge in [-0.2, -0.15) is 0 Å². The minimum Gasteiger partial charge on any atom is -0.401 e. The summed E-state index contributed by atoms with van der Waals surface area (Å²) in [4.78, 5) is 22.6. The number of hydrogen-bond acceptors (Lipinski definition) is 6. The lowest BCUT2D eigenvalue weighted by Gasteiger charge is -2.33. The van der Waals surface area contributed by atoms with Gasteiger partial charge in [-0.15, -0.1) is 0 Å². The van der Waals surface area contributed by atoms with Gasteiger partial charge in [-0.3, -0.25) is 9.78 Å². The summed E-state index contributed by atoms with van der Waals surface area (Å²) in [5.74, 6) is -1.92. The van der Waals surface area contributed by atoms with E-state index in [9.17, 15) is 13.6 Å². The van der Waals surface area contributed by atoms with E-state index in [2.05, 4.69) is 23.8 Å². The summed E-state index contributed by atoms with van der Waals surface area (Å²) in [6.45, 7) is 4.13. The van der Waals surface area contributed by atoms with Crippen molar-refractivity contribution in [2.75, 3.05) is 20.2 Å². The zero-order valence-corrected chi connectivity index (χ0v) is 19.6. The molecule has 0 radical (unpaired) electrons. The quantitative estimate of drug-likeness (QED) is 0.571. The third-order valence-electron chi connectivity index (χ3n) is 6.25. The molecule has 0 bridgehead atoms. The van der Waals surface area contributed by atoms with Gasteiger partial charge in [-0.1, -0.05) is 19.9 Å². The summed E-state index contributed by atoms with van der Waals surface area (Å²) in [6, 6.07) is 3.60. The van der Waals surface area contributed by atoms with E-state index in [1.54, 1.807) is 19.3 Å². The van der Waals surface area contributed by atoms with Gasteiger partial charge in [0.1, 0.15) is 17.3 Å². The summed E-state index contributed by atoms with van der Waals surface area (Å²) in [7, 11) is 1.57. The molecule has 2 unspecified atom stereocenters. The fourth-order valence-corrected chi connectivity index (χ4v) is 4.37. The number of amides is 1. The lowest BCUT2D eigenvalue weighted by Crippen LogP contribution is -2.31. The molecule has 2 aromatic rings. The summed E-state index contributed by atoms with van der Waals surface area (Å²) in [5, 5.41) is 9.10. The second kappa shape index (κ2) is 10.7. The van der Waals surface area contributed by atoms with Gasteiger partial charge in [0.2, 0.25) is 0 Å². The Bertz CT molecular complexity index is 1100. The lowest BCUT2D eigenvalue weighted by atomic mass is 9.73. The predicted octanol–water partition coefficient (Wildman–Crippen LogP) is 3.18. The first-order chi connectivity index (χ1) is 16.1. The van der Waals surface area contributed by atoms with Crippen LogP contribution >= 0.6 is 0 Å². The normalized spacial score (nSPS) is 19.0. The van der Waals surface area contributed by atoms with Crippen LogP contribution in [-0.4, -0.2) is 46.1 Å². The van der Waals surface area contributed by atoms with Crippen molar-refractivity contribution in [1.82, 2.24) is 14.9 Å². The van der Waals surface area contributed by atoms with E-state index in [0.29, 0.717) is 23.4 Å². The van der Waals surface area contributed by atoms with Crippen LogP contribution in [0.3, 0.4) is 0 Å². The molecular formula is C25H31F2N5O2. The molecule has 1 aromatic heterocycles. The van der Waals surface area contributed by atoms with Crippen LogP contribution in [-0.2, 0) is 0 Å². The highest BCUT2D eigenvalue weighted by Gasteiger charge is 2.32. The number of likely N-dealkylation sites (N-methyl/N-ethyl adjacent to an activating group) is 1. The topological polar surface area (TPSA) is 118 Å². The minimum absolute atomic E-state index is 0.0399. The van der Waals surface area contributed by atoms with E-state index in [4.69, 9.17) is 16.6 Å². The van der Waals surface area contributed by atoms with Gasteiger partial charge in [0.25, 0.3) is 5.91 Å². The third kappa shape index (κ3) is 5.25. The zero-order chi connectivity index (χ0) is 25.0. The molecule has 7 nitrogen and oxygen atoms in total. The average molecular weight is 472 g/mol. The highest BCUT2D eigenvalue weighted by atomic mass is 19.1. The molecule has 0 saturated carbocycles. The Morgan fingerprint density at radius 1 is 1.26 bits per heavy atom. The molecule has 9 heteroatoms. The number of carbonyl (C=O) groups excluding carboxylic acids is 1. The number of nitrogens with zero attached hydrogens (tertiary/aromatic N) is 3. The van der Waals surface area contributed by atoms with Gasteiger partial charge in [0.15, 0.2) is 0 Å². The van der Waals surface area contributed by atoms with Crippen molar-refractivity contribution >= 4 is 11.6 Å². The van der Waals surface area contributed by atoms with Gasteiger partial charge in [0, 0.05) is 37.1 Å². The largest absolute Gasteiger partial charge is 0.401 e. The second-order valence-electron chi connectivity index (χ2n) is 8.87. The first kappa shape index (κ1) is 25.3. The Kier molecular flexibility index (Phi) is 7.98.